The van der Waals surface area contributed by atoms with Crippen molar-refractivity contribution in [3.63, 3.8) is 0 Å². The Bertz CT molecular complexity index is 2590. The van der Waals surface area contributed by atoms with Gasteiger partial charge in [-0.25, -0.2) is 22.5 Å². The number of carbonyl (C=O) groups excluding carboxylic acids is 1. The van der Waals surface area contributed by atoms with E-state index in [0.717, 1.165) is 22.7 Å². The van der Waals surface area contributed by atoms with Crippen molar-refractivity contribution in [2.75, 3.05) is 5.73 Å². The van der Waals surface area contributed by atoms with Crippen molar-refractivity contribution in [2.45, 2.75) is 91.5 Å². The summed E-state index contributed by atoms with van der Waals surface area (Å²) < 4.78 is 84.1. The van der Waals surface area contributed by atoms with Crippen molar-refractivity contribution in [1.82, 2.24) is 29.5 Å². The monoisotopic (exact) mass is 833 g/mol. The molecular formula is C44H45F6N7O3. The molecule has 10 nitrogen and oxygen atoms in total. The number of aromatic hydroxyl groups is 1. The third kappa shape index (κ3) is 8.23. The number of hydrogen-bond acceptors (Lipinski definition) is 8. The number of alkyl halides is 4. The van der Waals surface area contributed by atoms with E-state index in [0.29, 0.717) is 39.2 Å². The Balaban J connectivity index is 0.000000250. The average molecular weight is 834 g/mol. The number of carbonyl (C=O) groups is 1. The third-order valence-electron chi connectivity index (χ3n) is 11.0. The van der Waals surface area contributed by atoms with E-state index in [4.69, 9.17) is 10.7 Å². The van der Waals surface area contributed by atoms with Crippen LogP contribution in [0.25, 0.3) is 27.8 Å². The van der Waals surface area contributed by atoms with Crippen LogP contribution in [0.5, 0.6) is 5.75 Å². The highest BCUT2D eigenvalue weighted by Gasteiger charge is 2.67. The molecule has 60 heavy (non-hydrogen) atoms. The first kappa shape index (κ1) is 43.5. The predicted octanol–water partition coefficient (Wildman–Crippen LogP) is 9.73. The van der Waals surface area contributed by atoms with Crippen LogP contribution < -0.4 is 11.3 Å². The number of nitrogens with two attached hydrogens (primary N) is 1. The fourth-order valence-corrected chi connectivity index (χ4v) is 7.80. The molecule has 4 atom stereocenters. The van der Waals surface area contributed by atoms with E-state index in [2.05, 4.69) is 15.3 Å². The van der Waals surface area contributed by atoms with Gasteiger partial charge in [-0.05, 0) is 92.6 Å². The SMILES string of the molecule is CC.CC(=O)Cn1nc(C(F)F)c2c1C(F)(F)[C@@H]1CC21.CCC(C)C(Cc1cc(F)cc(F)c1)c1nc2cc(-c3cccnn3)ccc2c(=O)n1-c1ccc(O)c(C)c1N. The van der Waals surface area contributed by atoms with E-state index in [1.54, 1.807) is 43.5 Å². The van der Waals surface area contributed by atoms with E-state index in [1.165, 1.54) is 29.7 Å². The first-order valence-electron chi connectivity index (χ1n) is 19.7. The summed E-state index contributed by atoms with van der Waals surface area (Å²) in [5, 5.41) is 22.2. The number of phenolic OH excluding ortho intramolecular Hbond substituents is 1. The second-order valence-corrected chi connectivity index (χ2v) is 14.9. The molecular weight excluding hydrogens is 789 g/mol. The summed E-state index contributed by atoms with van der Waals surface area (Å²) in [4.78, 5) is 30.2. The van der Waals surface area contributed by atoms with Crippen LogP contribution in [0.2, 0.25) is 0 Å². The Morgan fingerprint density at radius 1 is 1.05 bits per heavy atom. The number of hydrogen-bond donors (Lipinski definition) is 2. The highest BCUT2D eigenvalue weighted by Crippen LogP contribution is 2.68. The van der Waals surface area contributed by atoms with E-state index in [-0.39, 0.29) is 47.9 Å². The van der Waals surface area contributed by atoms with E-state index in [1.807, 2.05) is 33.8 Å². The van der Waals surface area contributed by atoms with Crippen molar-refractivity contribution in [3.8, 4) is 22.7 Å². The Labute approximate surface area is 342 Å². The number of anilines is 1. The third-order valence-corrected chi connectivity index (χ3v) is 11.0. The van der Waals surface area contributed by atoms with Gasteiger partial charge >= 0.3 is 0 Å². The van der Waals surface area contributed by atoms with Gasteiger partial charge in [0.2, 0.25) is 0 Å². The molecule has 1 fully saturated rings. The van der Waals surface area contributed by atoms with Gasteiger partial charge in [0.05, 0.1) is 34.5 Å². The van der Waals surface area contributed by atoms with Crippen LogP contribution in [0.15, 0.2) is 71.7 Å². The number of rotatable bonds is 10. The summed E-state index contributed by atoms with van der Waals surface area (Å²) in [7, 11) is 0. The maximum atomic E-state index is 14.2. The molecule has 8 rings (SSSR count). The number of fused-ring (bicyclic) bond motifs is 4. The number of phenols is 1. The number of Topliss-reactive ketones (excluding diaryl/α,β-unsaturated/α-hetero) is 1. The molecule has 2 aliphatic carbocycles. The lowest BCUT2D eigenvalue weighted by Crippen LogP contribution is -2.29. The molecule has 3 heterocycles. The van der Waals surface area contributed by atoms with Crippen LogP contribution in [0.4, 0.5) is 32.0 Å². The van der Waals surface area contributed by atoms with Crippen molar-refractivity contribution in [2.24, 2.45) is 11.8 Å². The maximum Gasteiger partial charge on any atom is 0.293 e. The summed E-state index contributed by atoms with van der Waals surface area (Å²) in [6.45, 7) is 10.5. The summed E-state index contributed by atoms with van der Waals surface area (Å²) in [5.41, 5.74) is 8.31. The summed E-state index contributed by atoms with van der Waals surface area (Å²) in [5.74, 6) is -6.30. The number of nitrogens with zero attached hydrogens (tertiary/aromatic N) is 6. The molecule has 0 saturated heterocycles. The number of aromatic nitrogens is 6. The minimum atomic E-state index is -3.14. The molecule has 0 radical (unpaired) electrons. The summed E-state index contributed by atoms with van der Waals surface area (Å²) >= 11 is 0. The van der Waals surface area contributed by atoms with Crippen LogP contribution in [0.1, 0.15) is 99.6 Å². The highest BCUT2D eigenvalue weighted by molar-refractivity contribution is 5.84. The lowest BCUT2D eigenvalue weighted by atomic mass is 9.85. The fraction of sp³-hybridized carbons (Fsp3) is 0.364. The highest BCUT2D eigenvalue weighted by atomic mass is 19.3. The normalized spacial score (nSPS) is 16.9. The lowest BCUT2D eigenvalue weighted by Gasteiger charge is -2.27. The minimum absolute atomic E-state index is 0.00641. The molecule has 0 bridgehead atoms. The molecule has 0 amide bonds. The van der Waals surface area contributed by atoms with E-state index >= 15 is 0 Å². The smallest absolute Gasteiger partial charge is 0.293 e. The van der Waals surface area contributed by atoms with E-state index in [9.17, 15) is 41.0 Å². The Morgan fingerprint density at radius 2 is 1.75 bits per heavy atom. The van der Waals surface area contributed by atoms with E-state index < -0.39 is 58.9 Å². The first-order valence-corrected chi connectivity index (χ1v) is 19.7. The van der Waals surface area contributed by atoms with Gasteiger partial charge in [-0.15, -0.1) is 0 Å². The summed E-state index contributed by atoms with van der Waals surface area (Å²) in [6.07, 6.45) is -0.119. The van der Waals surface area contributed by atoms with Crippen LogP contribution >= 0.6 is 0 Å². The van der Waals surface area contributed by atoms with Crippen LogP contribution in [-0.4, -0.2) is 40.4 Å². The fourth-order valence-electron chi connectivity index (χ4n) is 7.80. The first-order chi connectivity index (χ1) is 28.5. The standard InChI is InChI=1S/C31H29F2N5O2.C11H10F4N2O.C2H6/c1-4-17(2)24(14-19-12-21(32)16-22(33)13-19)30-36-26-15-20(25-6-5-11-35-37-25)7-8-23(26)31(40)38(30)27-9-10-28(39)18(3)29(27)34;1-4(18)3-17-9-7(8(16-17)10(12)13)5-2-6(5)11(9,14)15;1-2/h5-13,15-17,24,39H,4,14,34H2,1-3H3;5-6,10H,2-3H2,1H3;1-2H3/t;5?,6-;/m.1./s1. The van der Waals surface area contributed by atoms with Crippen LogP contribution in [-0.2, 0) is 23.7 Å². The number of benzene rings is 3. The van der Waals surface area contributed by atoms with Gasteiger partial charge in [0.1, 0.15) is 34.6 Å². The second-order valence-electron chi connectivity index (χ2n) is 14.9. The molecule has 3 aromatic carbocycles. The van der Waals surface area contributed by atoms with Gasteiger partial charge in [0, 0.05) is 40.8 Å². The lowest BCUT2D eigenvalue weighted by molar-refractivity contribution is -0.118. The van der Waals surface area contributed by atoms with Crippen molar-refractivity contribution >= 4 is 22.4 Å². The molecule has 3 aromatic heterocycles. The molecule has 16 heteroatoms. The molecule has 1 saturated carbocycles. The predicted molar refractivity (Wildman–Crippen MR) is 215 cm³/mol. The average Bonchev–Trinajstić information content (AvgIpc) is 3.88. The quantitative estimate of drug-likeness (QED) is 0.103. The van der Waals surface area contributed by atoms with Gasteiger partial charge in [-0.3, -0.25) is 18.8 Å². The number of nitrogen functional groups attached to an aromatic ring is 1. The molecule has 0 spiro atoms. The zero-order valence-electron chi connectivity index (χ0n) is 33.9. The van der Waals surface area contributed by atoms with Gasteiger partial charge in [0.15, 0.2) is 5.78 Å². The molecule has 2 aliphatic rings. The Kier molecular flexibility index (Phi) is 12.5. The molecule has 6 aromatic rings. The van der Waals surface area contributed by atoms with Crippen molar-refractivity contribution < 1.29 is 36.2 Å². The van der Waals surface area contributed by atoms with Crippen molar-refractivity contribution in [3.05, 3.63) is 123 Å². The molecule has 316 valence electrons. The Hall–Kier alpha value is -6.06. The van der Waals surface area contributed by atoms with Gasteiger partial charge in [0.25, 0.3) is 17.9 Å². The van der Waals surface area contributed by atoms with Crippen molar-refractivity contribution in [1.29, 1.82) is 0 Å². The number of halogens is 6. The van der Waals surface area contributed by atoms with Crippen LogP contribution in [0, 0.1) is 30.4 Å². The Morgan fingerprint density at radius 3 is 2.37 bits per heavy atom. The largest absolute Gasteiger partial charge is 0.508 e. The molecule has 3 N–H and O–H groups in total. The van der Waals surface area contributed by atoms with Gasteiger partial charge < -0.3 is 10.8 Å². The van der Waals surface area contributed by atoms with Gasteiger partial charge in [-0.2, -0.15) is 24.1 Å². The second kappa shape index (κ2) is 17.3. The maximum absolute atomic E-state index is 14.2. The van der Waals surface area contributed by atoms with Crippen LogP contribution in [0.3, 0.4) is 0 Å². The zero-order valence-corrected chi connectivity index (χ0v) is 33.9. The molecule has 0 aliphatic heterocycles. The number of ketones is 1. The summed E-state index contributed by atoms with van der Waals surface area (Å²) in [6, 6.07) is 15.4. The molecule has 3 unspecified atom stereocenters. The topological polar surface area (TPSA) is 142 Å². The zero-order chi connectivity index (χ0) is 43.8. The van der Waals surface area contributed by atoms with Gasteiger partial charge in [-0.1, -0.05) is 40.2 Å². The minimum Gasteiger partial charge on any atom is -0.508 e.